The molecular formula is C22H22N6O2S. The second-order valence-electron chi connectivity index (χ2n) is 7.85. The minimum absolute atomic E-state index is 0.220. The average Bonchev–Trinajstić information content (AvgIpc) is 3.38. The highest BCUT2D eigenvalue weighted by molar-refractivity contribution is 7.79. The number of nitrogens with zero attached hydrogens (tertiary/aromatic N) is 4. The van der Waals surface area contributed by atoms with Crippen molar-refractivity contribution in [2.75, 3.05) is 32.1 Å². The van der Waals surface area contributed by atoms with Crippen molar-refractivity contribution < 1.29 is 8.76 Å². The van der Waals surface area contributed by atoms with Crippen LogP contribution in [0.1, 0.15) is 11.1 Å². The Hall–Kier alpha value is -3.03. The Bertz CT molecular complexity index is 1310. The number of aromatic amines is 2. The number of hydrogen-bond donors (Lipinski definition) is 3. The molecule has 2 aromatic carbocycles. The van der Waals surface area contributed by atoms with Crippen LogP contribution in [0.5, 0.6) is 0 Å². The number of hydrogen-bond acceptors (Lipinski definition) is 5. The molecule has 9 heteroatoms. The van der Waals surface area contributed by atoms with E-state index < -0.39 is 11.1 Å². The normalized spacial score (nSPS) is 16.6. The van der Waals surface area contributed by atoms with Crippen molar-refractivity contribution in [3.05, 3.63) is 53.6 Å². The van der Waals surface area contributed by atoms with Crippen molar-refractivity contribution in [2.24, 2.45) is 0 Å². The van der Waals surface area contributed by atoms with Gasteiger partial charge in [0.05, 0.1) is 22.8 Å². The van der Waals surface area contributed by atoms with Crippen LogP contribution in [0.25, 0.3) is 33.2 Å². The van der Waals surface area contributed by atoms with Gasteiger partial charge >= 0.3 is 0 Å². The van der Waals surface area contributed by atoms with E-state index in [1.54, 1.807) is 6.07 Å². The number of piperazine rings is 1. The first kappa shape index (κ1) is 19.9. The van der Waals surface area contributed by atoms with Crippen molar-refractivity contribution in [2.45, 2.75) is 6.54 Å². The molecule has 8 nitrogen and oxygen atoms in total. The van der Waals surface area contributed by atoms with Crippen LogP contribution in [0, 0.1) is 11.3 Å². The molecule has 1 atom stereocenters. The zero-order chi connectivity index (χ0) is 21.4. The van der Waals surface area contributed by atoms with Gasteiger partial charge in [0.15, 0.2) is 11.1 Å². The molecule has 0 spiro atoms. The molecule has 5 rings (SSSR count). The summed E-state index contributed by atoms with van der Waals surface area (Å²) in [6.45, 7) is 4.17. The first-order valence-corrected chi connectivity index (χ1v) is 11.4. The van der Waals surface area contributed by atoms with Gasteiger partial charge in [-0.25, -0.2) is 4.21 Å². The standard InChI is InChI=1S/C22H22N6O2S/c23-12-15-4-5-17-20(10-15)25-26-22(17)21-11-18-16(2-1-3-19(18)24-21)13-27-6-8-28(9-7-27)14-31(29)30/h1-5,10-11,24H,6-9,13-14H2,(H,25,26)(H,29,30). The lowest BCUT2D eigenvalue weighted by Crippen LogP contribution is -2.46. The lowest BCUT2D eigenvalue weighted by atomic mass is 10.1. The van der Waals surface area contributed by atoms with E-state index in [-0.39, 0.29) is 5.88 Å². The minimum Gasteiger partial charge on any atom is -0.353 e. The van der Waals surface area contributed by atoms with E-state index in [1.807, 2.05) is 17.0 Å². The van der Waals surface area contributed by atoms with Crippen LogP contribution in [-0.4, -0.2) is 65.8 Å². The summed E-state index contributed by atoms with van der Waals surface area (Å²) >= 11 is -1.78. The van der Waals surface area contributed by atoms with E-state index in [0.29, 0.717) is 5.56 Å². The van der Waals surface area contributed by atoms with Crippen molar-refractivity contribution in [1.82, 2.24) is 25.0 Å². The monoisotopic (exact) mass is 434 g/mol. The summed E-state index contributed by atoms with van der Waals surface area (Å²) in [5, 5.41) is 18.8. The van der Waals surface area contributed by atoms with Gasteiger partial charge in [0, 0.05) is 49.0 Å². The maximum absolute atomic E-state index is 11.0. The third kappa shape index (κ3) is 3.98. The molecule has 1 unspecified atom stereocenters. The second kappa shape index (κ2) is 8.24. The fourth-order valence-corrected chi connectivity index (χ4v) is 4.82. The minimum atomic E-state index is -1.78. The molecule has 0 saturated carbocycles. The van der Waals surface area contributed by atoms with Crippen molar-refractivity contribution in [1.29, 1.82) is 5.26 Å². The fourth-order valence-electron chi connectivity index (χ4n) is 4.25. The second-order valence-corrected chi connectivity index (χ2v) is 8.75. The smallest absolute Gasteiger partial charge is 0.167 e. The van der Waals surface area contributed by atoms with Gasteiger partial charge in [-0.1, -0.05) is 12.1 Å². The molecule has 158 valence electrons. The molecular weight excluding hydrogens is 412 g/mol. The van der Waals surface area contributed by atoms with Crippen LogP contribution in [-0.2, 0) is 17.6 Å². The molecule has 0 bridgehead atoms. The number of H-pyrrole nitrogens is 2. The van der Waals surface area contributed by atoms with E-state index >= 15 is 0 Å². The molecule has 1 aliphatic rings. The molecule has 31 heavy (non-hydrogen) atoms. The zero-order valence-corrected chi connectivity index (χ0v) is 17.7. The Balaban J connectivity index is 1.40. The molecule has 1 saturated heterocycles. The first-order chi connectivity index (χ1) is 15.1. The van der Waals surface area contributed by atoms with E-state index in [0.717, 1.165) is 60.5 Å². The predicted molar refractivity (Wildman–Crippen MR) is 121 cm³/mol. The van der Waals surface area contributed by atoms with Crippen LogP contribution < -0.4 is 0 Å². The first-order valence-electron chi connectivity index (χ1n) is 10.1. The van der Waals surface area contributed by atoms with E-state index in [4.69, 9.17) is 9.81 Å². The topological polar surface area (TPSA) is 112 Å². The fraction of sp³-hybridized carbons (Fsp3) is 0.273. The molecule has 1 fully saturated rings. The van der Waals surface area contributed by atoms with Gasteiger partial charge in [0.1, 0.15) is 11.6 Å². The molecule has 3 N–H and O–H groups in total. The average molecular weight is 435 g/mol. The highest BCUT2D eigenvalue weighted by Crippen LogP contribution is 2.31. The maximum atomic E-state index is 11.0. The number of rotatable bonds is 5. The summed E-state index contributed by atoms with van der Waals surface area (Å²) in [5.74, 6) is 0.220. The van der Waals surface area contributed by atoms with Gasteiger partial charge in [-0.15, -0.1) is 0 Å². The number of fused-ring (bicyclic) bond motifs is 2. The summed E-state index contributed by atoms with van der Waals surface area (Å²) in [6.07, 6.45) is 0. The molecule has 0 amide bonds. The summed E-state index contributed by atoms with van der Waals surface area (Å²) in [7, 11) is 0. The van der Waals surface area contributed by atoms with Gasteiger partial charge in [0.2, 0.25) is 0 Å². The molecule has 1 aliphatic heterocycles. The molecule has 0 radical (unpaired) electrons. The third-order valence-electron chi connectivity index (χ3n) is 5.85. The van der Waals surface area contributed by atoms with Crippen molar-refractivity contribution in [3.63, 3.8) is 0 Å². The molecule has 4 aromatic rings. The van der Waals surface area contributed by atoms with Crippen LogP contribution in [0.4, 0.5) is 0 Å². The number of benzene rings is 2. The SMILES string of the molecule is N#Cc1ccc2c(-c3cc4c(CN5CCN(CS(=O)O)CC5)cccc4[nH]3)n[nH]c2c1. The van der Waals surface area contributed by atoms with Gasteiger partial charge in [0.25, 0.3) is 0 Å². The van der Waals surface area contributed by atoms with E-state index in [9.17, 15) is 4.21 Å². The third-order valence-corrected chi connectivity index (χ3v) is 6.44. The van der Waals surface area contributed by atoms with Gasteiger partial charge in [-0.3, -0.25) is 14.9 Å². The lowest BCUT2D eigenvalue weighted by molar-refractivity contribution is 0.142. The molecule has 0 aliphatic carbocycles. The number of nitrogens with one attached hydrogen (secondary N) is 2. The quantitative estimate of drug-likeness (QED) is 0.417. The highest BCUT2D eigenvalue weighted by Gasteiger charge is 2.19. The van der Waals surface area contributed by atoms with Crippen molar-refractivity contribution in [3.8, 4) is 17.5 Å². The van der Waals surface area contributed by atoms with Crippen molar-refractivity contribution >= 4 is 32.9 Å². The predicted octanol–water partition coefficient (Wildman–Crippen LogP) is 2.88. The van der Waals surface area contributed by atoms with E-state index in [1.165, 1.54) is 10.9 Å². The highest BCUT2D eigenvalue weighted by atomic mass is 32.2. The van der Waals surface area contributed by atoms with Crippen LogP contribution in [0.15, 0.2) is 42.5 Å². The van der Waals surface area contributed by atoms with Crippen LogP contribution >= 0.6 is 0 Å². The zero-order valence-electron chi connectivity index (χ0n) is 16.8. The van der Waals surface area contributed by atoms with E-state index in [2.05, 4.69) is 50.4 Å². The largest absolute Gasteiger partial charge is 0.353 e. The Kier molecular flexibility index (Phi) is 5.29. The summed E-state index contributed by atoms with van der Waals surface area (Å²) in [4.78, 5) is 7.90. The summed E-state index contributed by atoms with van der Waals surface area (Å²) < 4.78 is 20.1. The molecule has 3 heterocycles. The van der Waals surface area contributed by atoms with Gasteiger partial charge in [-0.2, -0.15) is 10.4 Å². The molecule has 2 aromatic heterocycles. The number of nitriles is 1. The van der Waals surface area contributed by atoms with Gasteiger partial charge in [-0.05, 0) is 35.9 Å². The lowest BCUT2D eigenvalue weighted by Gasteiger charge is -2.33. The van der Waals surface area contributed by atoms with Crippen LogP contribution in [0.3, 0.4) is 0 Å². The number of aromatic nitrogens is 3. The van der Waals surface area contributed by atoms with Crippen LogP contribution in [0.2, 0.25) is 0 Å². The Morgan fingerprint density at radius 3 is 2.65 bits per heavy atom. The summed E-state index contributed by atoms with van der Waals surface area (Å²) in [5.41, 5.74) is 5.53. The summed E-state index contributed by atoms with van der Waals surface area (Å²) in [6, 6.07) is 16.1. The maximum Gasteiger partial charge on any atom is 0.167 e. The van der Waals surface area contributed by atoms with Gasteiger partial charge < -0.3 is 9.54 Å². The Labute approximate surface area is 181 Å². The Morgan fingerprint density at radius 1 is 1.06 bits per heavy atom. The Morgan fingerprint density at radius 2 is 1.87 bits per heavy atom.